The molecule has 0 atom stereocenters. The van der Waals surface area contributed by atoms with Gasteiger partial charge in [-0.1, -0.05) is 12.1 Å². The molecule has 1 aromatic rings. The molecule has 1 aliphatic rings. The van der Waals surface area contributed by atoms with E-state index in [0.29, 0.717) is 11.3 Å². The number of ether oxygens (including phenoxy) is 1. The summed E-state index contributed by atoms with van der Waals surface area (Å²) in [5.41, 5.74) is 1.28. The van der Waals surface area contributed by atoms with Gasteiger partial charge in [0.05, 0.1) is 18.3 Å². The van der Waals surface area contributed by atoms with Crippen molar-refractivity contribution in [2.24, 2.45) is 0 Å². The van der Waals surface area contributed by atoms with Gasteiger partial charge in [-0.15, -0.1) is 0 Å². The predicted molar refractivity (Wildman–Crippen MR) is 67.2 cm³/mol. The van der Waals surface area contributed by atoms with Gasteiger partial charge in [-0.3, -0.25) is 4.79 Å². The lowest BCUT2D eigenvalue weighted by Gasteiger charge is -2.02. The fraction of sp³-hybridized carbons (Fsp3) is 0.143. The van der Waals surface area contributed by atoms with Crippen LogP contribution in [0, 0.1) is 5.82 Å². The van der Waals surface area contributed by atoms with Crippen LogP contribution in [0.3, 0.4) is 0 Å². The van der Waals surface area contributed by atoms with Crippen LogP contribution in [0.4, 0.5) is 4.39 Å². The van der Waals surface area contributed by atoms with Gasteiger partial charge in [0.2, 0.25) is 0 Å². The average molecular weight is 261 g/mol. The SMILES string of the molecule is COC(=O)C1=C(C)NC(=O)/C1=C\c1cccc(F)c1. The first-order valence-corrected chi connectivity index (χ1v) is 5.61. The van der Waals surface area contributed by atoms with Crippen LogP contribution < -0.4 is 5.32 Å². The highest BCUT2D eigenvalue weighted by molar-refractivity contribution is 6.16. The minimum absolute atomic E-state index is 0.176. The second-order valence-electron chi connectivity index (χ2n) is 4.06. The van der Waals surface area contributed by atoms with E-state index in [9.17, 15) is 14.0 Å². The summed E-state index contributed by atoms with van der Waals surface area (Å²) in [4.78, 5) is 23.4. The number of nitrogens with one attached hydrogen (secondary N) is 1. The number of hydrogen-bond donors (Lipinski definition) is 1. The quantitative estimate of drug-likeness (QED) is 0.652. The highest BCUT2D eigenvalue weighted by atomic mass is 19.1. The number of amides is 1. The van der Waals surface area contributed by atoms with E-state index in [2.05, 4.69) is 10.1 Å². The molecule has 1 aliphatic heterocycles. The minimum atomic E-state index is -0.599. The van der Waals surface area contributed by atoms with Gasteiger partial charge in [0.15, 0.2) is 0 Å². The summed E-state index contributed by atoms with van der Waals surface area (Å²) in [6, 6.07) is 5.76. The van der Waals surface area contributed by atoms with Crippen molar-refractivity contribution in [3.05, 3.63) is 52.5 Å². The van der Waals surface area contributed by atoms with Gasteiger partial charge in [-0.2, -0.15) is 0 Å². The number of methoxy groups -OCH3 is 1. The summed E-state index contributed by atoms with van der Waals surface area (Å²) >= 11 is 0. The number of rotatable bonds is 2. The van der Waals surface area contributed by atoms with Crippen LogP contribution in [0.5, 0.6) is 0 Å². The zero-order valence-electron chi connectivity index (χ0n) is 10.5. The maximum atomic E-state index is 13.1. The third-order valence-corrected chi connectivity index (χ3v) is 2.74. The van der Waals surface area contributed by atoms with Gasteiger partial charge in [0.1, 0.15) is 5.82 Å². The predicted octanol–water partition coefficient (Wildman–Crippen LogP) is 1.79. The molecule has 0 aliphatic carbocycles. The van der Waals surface area contributed by atoms with E-state index in [-0.39, 0.29) is 11.1 Å². The molecular formula is C14H12FNO3. The third kappa shape index (κ3) is 2.54. The van der Waals surface area contributed by atoms with Crippen molar-refractivity contribution in [1.82, 2.24) is 5.32 Å². The number of halogens is 1. The van der Waals surface area contributed by atoms with Crippen LogP contribution in [-0.2, 0) is 14.3 Å². The van der Waals surface area contributed by atoms with E-state index in [1.165, 1.54) is 31.4 Å². The third-order valence-electron chi connectivity index (χ3n) is 2.74. The highest BCUT2D eigenvalue weighted by Gasteiger charge is 2.30. The lowest BCUT2D eigenvalue weighted by Crippen LogP contribution is -2.15. The molecule has 0 saturated carbocycles. The fourth-order valence-electron chi connectivity index (χ4n) is 1.88. The van der Waals surface area contributed by atoms with E-state index in [0.717, 1.165) is 0 Å². The van der Waals surface area contributed by atoms with E-state index in [1.807, 2.05) is 0 Å². The van der Waals surface area contributed by atoms with Crippen LogP contribution in [-0.4, -0.2) is 19.0 Å². The minimum Gasteiger partial charge on any atom is -0.465 e. The van der Waals surface area contributed by atoms with Crippen molar-refractivity contribution in [3.8, 4) is 0 Å². The Morgan fingerprint density at radius 3 is 2.79 bits per heavy atom. The van der Waals surface area contributed by atoms with Gasteiger partial charge in [-0.05, 0) is 30.7 Å². The van der Waals surface area contributed by atoms with E-state index in [1.54, 1.807) is 13.0 Å². The molecule has 0 saturated heterocycles. The van der Waals surface area contributed by atoms with Crippen LogP contribution in [0.2, 0.25) is 0 Å². The number of carbonyl (C=O) groups excluding carboxylic acids is 2. The molecule has 0 bridgehead atoms. The first kappa shape index (κ1) is 13.0. The number of benzene rings is 1. The van der Waals surface area contributed by atoms with Crippen molar-refractivity contribution in [2.75, 3.05) is 7.11 Å². The van der Waals surface area contributed by atoms with Crippen molar-refractivity contribution >= 4 is 18.0 Å². The van der Waals surface area contributed by atoms with Gasteiger partial charge < -0.3 is 10.1 Å². The monoisotopic (exact) mass is 261 g/mol. The summed E-state index contributed by atoms with van der Waals surface area (Å²) in [6.07, 6.45) is 1.46. The van der Waals surface area contributed by atoms with Gasteiger partial charge >= 0.3 is 5.97 Å². The lowest BCUT2D eigenvalue weighted by molar-refractivity contribution is -0.136. The number of allylic oxidation sites excluding steroid dienone is 1. The molecule has 1 amide bonds. The normalized spacial score (nSPS) is 16.8. The summed E-state index contributed by atoms with van der Waals surface area (Å²) in [5.74, 6) is -1.41. The molecule has 2 rings (SSSR count). The van der Waals surface area contributed by atoms with Crippen LogP contribution in [0.15, 0.2) is 41.1 Å². The molecule has 4 nitrogen and oxygen atoms in total. The first-order valence-electron chi connectivity index (χ1n) is 5.61. The summed E-state index contributed by atoms with van der Waals surface area (Å²) in [7, 11) is 1.24. The number of carbonyl (C=O) groups is 2. The van der Waals surface area contributed by atoms with E-state index >= 15 is 0 Å². The van der Waals surface area contributed by atoms with E-state index < -0.39 is 17.7 Å². The molecule has 0 spiro atoms. The van der Waals surface area contributed by atoms with Crippen LogP contribution >= 0.6 is 0 Å². The van der Waals surface area contributed by atoms with Gasteiger partial charge in [0, 0.05) is 5.70 Å². The molecule has 1 aromatic carbocycles. The number of hydrogen-bond acceptors (Lipinski definition) is 3. The second-order valence-corrected chi connectivity index (χ2v) is 4.06. The molecule has 0 aromatic heterocycles. The second kappa shape index (κ2) is 5.06. The molecular weight excluding hydrogens is 249 g/mol. The molecule has 0 unspecified atom stereocenters. The molecule has 0 fully saturated rings. The lowest BCUT2D eigenvalue weighted by atomic mass is 10.0. The van der Waals surface area contributed by atoms with Gasteiger partial charge in [0.25, 0.3) is 5.91 Å². The van der Waals surface area contributed by atoms with Crippen LogP contribution in [0.25, 0.3) is 6.08 Å². The van der Waals surface area contributed by atoms with Crippen molar-refractivity contribution in [2.45, 2.75) is 6.92 Å². The largest absolute Gasteiger partial charge is 0.465 e. The molecule has 1 N–H and O–H groups in total. The Morgan fingerprint density at radius 1 is 1.42 bits per heavy atom. The summed E-state index contributed by atoms with van der Waals surface area (Å²) in [6.45, 7) is 1.61. The maximum absolute atomic E-state index is 13.1. The standard InChI is InChI=1S/C14H12FNO3/c1-8-12(14(18)19-2)11(13(17)16-8)7-9-4-3-5-10(15)6-9/h3-7H,1-2H3,(H,16,17)/b11-7-. The van der Waals surface area contributed by atoms with Crippen molar-refractivity contribution in [3.63, 3.8) is 0 Å². The molecule has 0 radical (unpaired) electrons. The first-order chi connectivity index (χ1) is 9.02. The smallest absolute Gasteiger partial charge is 0.340 e. The fourth-order valence-corrected chi connectivity index (χ4v) is 1.88. The van der Waals surface area contributed by atoms with E-state index in [4.69, 9.17) is 0 Å². The Morgan fingerprint density at radius 2 is 2.16 bits per heavy atom. The Kier molecular flexibility index (Phi) is 3.46. The van der Waals surface area contributed by atoms with Crippen molar-refractivity contribution < 1.29 is 18.7 Å². The maximum Gasteiger partial charge on any atom is 0.340 e. The molecule has 19 heavy (non-hydrogen) atoms. The summed E-state index contributed by atoms with van der Waals surface area (Å²) in [5, 5.41) is 2.54. The highest BCUT2D eigenvalue weighted by Crippen LogP contribution is 2.24. The molecule has 98 valence electrons. The topological polar surface area (TPSA) is 55.4 Å². The Bertz CT molecular complexity index is 617. The summed E-state index contributed by atoms with van der Waals surface area (Å²) < 4.78 is 17.7. The molecule has 5 heteroatoms. The average Bonchev–Trinajstić information content (AvgIpc) is 2.63. The Hall–Kier alpha value is -2.43. The Labute approximate surface area is 109 Å². The Balaban J connectivity index is 2.47. The molecule has 1 heterocycles. The zero-order chi connectivity index (χ0) is 14.0. The number of esters is 1. The zero-order valence-corrected chi connectivity index (χ0v) is 10.5. The van der Waals surface area contributed by atoms with Gasteiger partial charge in [-0.25, -0.2) is 9.18 Å². The van der Waals surface area contributed by atoms with Crippen LogP contribution in [0.1, 0.15) is 12.5 Å². The van der Waals surface area contributed by atoms with Crippen molar-refractivity contribution in [1.29, 1.82) is 0 Å².